The van der Waals surface area contributed by atoms with Gasteiger partial charge in [0.2, 0.25) is 5.91 Å². The fourth-order valence-corrected chi connectivity index (χ4v) is 6.50. The number of carbonyl (C=O) groups excluding carboxylic acids is 3. The maximum atomic E-state index is 14.0. The van der Waals surface area contributed by atoms with E-state index in [0.29, 0.717) is 44.7 Å². The molecule has 4 amide bonds. The van der Waals surface area contributed by atoms with E-state index in [-0.39, 0.29) is 36.4 Å². The molecule has 0 unspecified atom stereocenters. The molecule has 0 spiro atoms. The zero-order chi connectivity index (χ0) is 34.5. The van der Waals surface area contributed by atoms with Crippen LogP contribution in [-0.4, -0.2) is 73.3 Å². The summed E-state index contributed by atoms with van der Waals surface area (Å²) in [5.41, 5.74) is 4.07. The van der Waals surface area contributed by atoms with E-state index in [1.807, 2.05) is 113 Å². The largest absolute Gasteiger partial charge is 0.483 e. The van der Waals surface area contributed by atoms with Gasteiger partial charge in [-0.15, -0.1) is 0 Å². The van der Waals surface area contributed by atoms with Crippen LogP contribution in [0.15, 0.2) is 78.9 Å². The molecule has 1 aliphatic rings. The number of nitrogens with zero attached hydrogens (tertiary/aromatic N) is 1. The third-order valence-electron chi connectivity index (χ3n) is 8.77. The van der Waals surface area contributed by atoms with E-state index in [0.717, 1.165) is 28.7 Å². The topological polar surface area (TPSA) is 109 Å². The highest BCUT2D eigenvalue weighted by Gasteiger charge is 2.36. The Kier molecular flexibility index (Phi) is 13.9. The SMILES string of the molecule is CCO[C@@H](C[C@H](Cc1ccccc1)NC(=O)[C@H](C(C)C)N1CCCNC1=O)[C@H](Cc1ccccc1)NC(=O)COc1c(C)cccc1C. The smallest absolute Gasteiger partial charge is 0.318 e. The van der Waals surface area contributed by atoms with Crippen LogP contribution in [0.3, 0.4) is 0 Å². The summed E-state index contributed by atoms with van der Waals surface area (Å²) in [5.74, 6) is 0.184. The van der Waals surface area contributed by atoms with E-state index in [2.05, 4.69) is 16.0 Å². The minimum atomic E-state index is -0.615. The van der Waals surface area contributed by atoms with Gasteiger partial charge in [-0.05, 0) is 74.6 Å². The molecule has 4 atom stereocenters. The Morgan fingerprint density at radius 1 is 0.875 bits per heavy atom. The van der Waals surface area contributed by atoms with Gasteiger partial charge in [-0.2, -0.15) is 0 Å². The third-order valence-corrected chi connectivity index (χ3v) is 8.77. The number of hydrogen-bond acceptors (Lipinski definition) is 5. The first-order chi connectivity index (χ1) is 23.2. The normalized spacial score (nSPS) is 15.6. The molecule has 3 aromatic rings. The molecule has 1 fully saturated rings. The van der Waals surface area contributed by atoms with Crippen molar-refractivity contribution in [1.29, 1.82) is 0 Å². The summed E-state index contributed by atoms with van der Waals surface area (Å²) in [7, 11) is 0. The number of nitrogens with one attached hydrogen (secondary N) is 3. The number of carbonyl (C=O) groups is 3. The Labute approximate surface area is 285 Å². The lowest BCUT2D eigenvalue weighted by atomic mass is 9.92. The molecule has 4 rings (SSSR count). The van der Waals surface area contributed by atoms with E-state index in [1.54, 1.807) is 4.90 Å². The first-order valence-corrected chi connectivity index (χ1v) is 17.2. The summed E-state index contributed by atoms with van der Waals surface area (Å²) in [5, 5.41) is 9.41. The van der Waals surface area contributed by atoms with Gasteiger partial charge >= 0.3 is 6.03 Å². The Hall–Kier alpha value is -4.37. The van der Waals surface area contributed by atoms with Crippen LogP contribution in [0.2, 0.25) is 0 Å². The number of hydrogen-bond donors (Lipinski definition) is 3. The van der Waals surface area contributed by atoms with Crippen LogP contribution in [0.1, 0.15) is 55.9 Å². The molecule has 0 saturated carbocycles. The maximum absolute atomic E-state index is 14.0. The average molecular weight is 657 g/mol. The lowest BCUT2D eigenvalue weighted by Crippen LogP contribution is -2.59. The maximum Gasteiger partial charge on any atom is 0.318 e. The number of urea groups is 1. The minimum Gasteiger partial charge on any atom is -0.483 e. The van der Waals surface area contributed by atoms with Crippen molar-refractivity contribution in [2.24, 2.45) is 5.92 Å². The molecule has 3 N–H and O–H groups in total. The minimum absolute atomic E-state index is 0.0871. The molecular formula is C39H52N4O5. The van der Waals surface area contributed by atoms with Crippen molar-refractivity contribution in [3.05, 3.63) is 101 Å². The number of benzene rings is 3. The van der Waals surface area contributed by atoms with Crippen LogP contribution in [0.25, 0.3) is 0 Å². The van der Waals surface area contributed by atoms with Gasteiger partial charge in [-0.25, -0.2) is 4.79 Å². The van der Waals surface area contributed by atoms with E-state index in [1.165, 1.54) is 0 Å². The highest BCUT2D eigenvalue weighted by molar-refractivity contribution is 5.87. The van der Waals surface area contributed by atoms with Crippen molar-refractivity contribution in [3.63, 3.8) is 0 Å². The van der Waals surface area contributed by atoms with Gasteiger partial charge in [0.25, 0.3) is 5.91 Å². The number of rotatable bonds is 17. The van der Waals surface area contributed by atoms with Gasteiger partial charge < -0.3 is 30.3 Å². The van der Waals surface area contributed by atoms with Crippen LogP contribution in [0.5, 0.6) is 5.75 Å². The molecule has 258 valence electrons. The summed E-state index contributed by atoms with van der Waals surface area (Å²) in [6.45, 7) is 11.2. The molecule has 3 aromatic carbocycles. The molecule has 0 bridgehead atoms. The summed E-state index contributed by atoms with van der Waals surface area (Å²) in [4.78, 5) is 41.9. The van der Waals surface area contributed by atoms with Crippen LogP contribution in [0, 0.1) is 19.8 Å². The lowest BCUT2D eigenvalue weighted by molar-refractivity contribution is -0.129. The molecule has 9 heteroatoms. The van der Waals surface area contributed by atoms with E-state index < -0.39 is 18.2 Å². The van der Waals surface area contributed by atoms with E-state index >= 15 is 0 Å². The fraction of sp³-hybridized carbons (Fsp3) is 0.462. The molecule has 0 aliphatic carbocycles. The number of aryl methyl sites for hydroxylation is 2. The van der Waals surface area contributed by atoms with Gasteiger partial charge in [-0.3, -0.25) is 9.59 Å². The van der Waals surface area contributed by atoms with Crippen molar-refractivity contribution in [2.45, 2.75) is 84.5 Å². The summed E-state index contributed by atoms with van der Waals surface area (Å²) < 4.78 is 12.4. The molecule has 9 nitrogen and oxygen atoms in total. The molecule has 1 heterocycles. The van der Waals surface area contributed by atoms with E-state index in [9.17, 15) is 14.4 Å². The number of amides is 4. The predicted molar refractivity (Wildman–Crippen MR) is 189 cm³/mol. The second kappa shape index (κ2) is 18.2. The quantitative estimate of drug-likeness (QED) is 0.181. The van der Waals surface area contributed by atoms with Gasteiger partial charge in [0, 0.05) is 25.7 Å². The monoisotopic (exact) mass is 656 g/mol. The second-order valence-electron chi connectivity index (χ2n) is 13.0. The first-order valence-electron chi connectivity index (χ1n) is 17.2. The molecular weight excluding hydrogens is 604 g/mol. The molecule has 1 aliphatic heterocycles. The van der Waals surface area contributed by atoms with Crippen molar-refractivity contribution in [1.82, 2.24) is 20.9 Å². The van der Waals surface area contributed by atoms with Crippen molar-refractivity contribution < 1.29 is 23.9 Å². The first kappa shape index (κ1) is 36.5. The van der Waals surface area contributed by atoms with Gasteiger partial charge in [0.1, 0.15) is 11.8 Å². The predicted octanol–water partition coefficient (Wildman–Crippen LogP) is 5.37. The fourth-order valence-electron chi connectivity index (χ4n) is 6.50. The highest BCUT2D eigenvalue weighted by Crippen LogP contribution is 2.23. The van der Waals surface area contributed by atoms with Crippen LogP contribution in [0.4, 0.5) is 4.79 Å². The Balaban J connectivity index is 1.58. The van der Waals surface area contributed by atoms with Gasteiger partial charge in [0.15, 0.2) is 6.61 Å². The highest BCUT2D eigenvalue weighted by atomic mass is 16.5. The summed E-state index contributed by atoms with van der Waals surface area (Å²) >= 11 is 0. The Morgan fingerprint density at radius 2 is 1.50 bits per heavy atom. The van der Waals surface area contributed by atoms with Crippen molar-refractivity contribution in [2.75, 3.05) is 26.3 Å². The molecule has 0 aromatic heterocycles. The Morgan fingerprint density at radius 3 is 2.08 bits per heavy atom. The molecule has 0 radical (unpaired) electrons. The van der Waals surface area contributed by atoms with Crippen molar-refractivity contribution >= 4 is 17.8 Å². The number of para-hydroxylation sites is 1. The molecule has 48 heavy (non-hydrogen) atoms. The zero-order valence-corrected chi connectivity index (χ0v) is 29.0. The van der Waals surface area contributed by atoms with E-state index in [4.69, 9.17) is 9.47 Å². The second-order valence-corrected chi connectivity index (χ2v) is 13.0. The zero-order valence-electron chi connectivity index (χ0n) is 29.0. The third kappa shape index (κ3) is 10.6. The van der Waals surface area contributed by atoms with Crippen molar-refractivity contribution in [3.8, 4) is 5.75 Å². The number of ether oxygens (including phenoxy) is 2. The van der Waals surface area contributed by atoms with Crippen LogP contribution < -0.4 is 20.7 Å². The van der Waals surface area contributed by atoms with Gasteiger partial charge in [-0.1, -0.05) is 92.7 Å². The van der Waals surface area contributed by atoms with Gasteiger partial charge in [0.05, 0.1) is 12.1 Å². The molecule has 1 saturated heterocycles. The summed E-state index contributed by atoms with van der Waals surface area (Å²) in [6.07, 6.45) is 1.91. The van der Waals surface area contributed by atoms with Crippen LogP contribution >= 0.6 is 0 Å². The van der Waals surface area contributed by atoms with Crippen LogP contribution in [-0.2, 0) is 27.2 Å². The summed E-state index contributed by atoms with van der Waals surface area (Å²) in [6, 6.07) is 24.4. The Bertz CT molecular complexity index is 1450. The lowest BCUT2D eigenvalue weighted by Gasteiger charge is -2.37. The standard InChI is InChI=1S/C39H52N4O5/c1-6-47-34(33(24-31-19-11-8-12-20-31)42-35(44)26-48-37-28(4)15-13-16-29(37)5)25-32(23-30-17-9-7-10-18-30)41-38(45)36(27(2)3)43-22-14-21-40-39(43)46/h7-13,15-20,27,32-34,36H,6,14,21-26H2,1-5H3,(H,40,46)(H,41,45)(H,42,44)/t32-,33-,34-,36-/m0/s1. The average Bonchev–Trinajstić information content (AvgIpc) is 3.06.